The molecular formula is C17H22F3N3O2S. The SMILES string of the molecule is CN(C)CCCN.Cc1nc(-c2cccc(C(F)(F)F)c2)sc1C(=O)O. The fourth-order valence-corrected chi connectivity index (χ4v) is 2.86. The number of carboxylic acids is 1. The van der Waals surface area contributed by atoms with E-state index in [9.17, 15) is 18.0 Å². The number of nitrogens with two attached hydrogens (primary N) is 1. The van der Waals surface area contributed by atoms with E-state index in [0.717, 1.165) is 43.0 Å². The van der Waals surface area contributed by atoms with Crippen molar-refractivity contribution in [1.82, 2.24) is 9.88 Å². The van der Waals surface area contributed by atoms with Gasteiger partial charge in [0.05, 0.1) is 11.3 Å². The van der Waals surface area contributed by atoms with Crippen molar-refractivity contribution in [2.45, 2.75) is 19.5 Å². The summed E-state index contributed by atoms with van der Waals surface area (Å²) in [5, 5.41) is 9.16. The van der Waals surface area contributed by atoms with Gasteiger partial charge in [0, 0.05) is 5.56 Å². The third kappa shape index (κ3) is 6.74. The van der Waals surface area contributed by atoms with Gasteiger partial charge in [-0.25, -0.2) is 9.78 Å². The highest BCUT2D eigenvalue weighted by Gasteiger charge is 2.30. The Kier molecular flexibility index (Phi) is 8.19. The monoisotopic (exact) mass is 389 g/mol. The number of aryl methyl sites for hydroxylation is 1. The van der Waals surface area contributed by atoms with E-state index in [2.05, 4.69) is 24.0 Å². The quantitative estimate of drug-likeness (QED) is 0.815. The van der Waals surface area contributed by atoms with E-state index in [0.29, 0.717) is 5.69 Å². The second-order valence-corrected chi connectivity index (χ2v) is 6.76. The van der Waals surface area contributed by atoms with Crippen LogP contribution in [0.25, 0.3) is 10.6 Å². The summed E-state index contributed by atoms with van der Waals surface area (Å²) in [5.74, 6) is -1.13. The van der Waals surface area contributed by atoms with Crippen molar-refractivity contribution in [2.24, 2.45) is 5.73 Å². The topological polar surface area (TPSA) is 79.5 Å². The van der Waals surface area contributed by atoms with E-state index in [4.69, 9.17) is 10.8 Å². The first kappa shape index (κ1) is 22.1. The van der Waals surface area contributed by atoms with E-state index < -0.39 is 17.7 Å². The number of rotatable bonds is 5. The Hall–Kier alpha value is -1.97. The van der Waals surface area contributed by atoms with Crippen LogP contribution in [0.5, 0.6) is 0 Å². The zero-order valence-electron chi connectivity index (χ0n) is 14.8. The third-order valence-corrected chi connectivity index (χ3v) is 4.43. The van der Waals surface area contributed by atoms with Crippen LogP contribution >= 0.6 is 11.3 Å². The van der Waals surface area contributed by atoms with E-state index in [-0.39, 0.29) is 15.4 Å². The van der Waals surface area contributed by atoms with Crippen molar-refractivity contribution in [2.75, 3.05) is 27.2 Å². The lowest BCUT2D eigenvalue weighted by Gasteiger charge is -2.07. The van der Waals surface area contributed by atoms with Gasteiger partial charge in [-0.1, -0.05) is 12.1 Å². The Bertz CT molecular complexity index is 730. The largest absolute Gasteiger partial charge is 0.477 e. The van der Waals surface area contributed by atoms with Crippen LogP contribution in [0.15, 0.2) is 24.3 Å². The zero-order valence-corrected chi connectivity index (χ0v) is 15.6. The van der Waals surface area contributed by atoms with Crippen LogP contribution in [0.3, 0.4) is 0 Å². The molecule has 144 valence electrons. The van der Waals surface area contributed by atoms with Crippen molar-refractivity contribution in [1.29, 1.82) is 0 Å². The maximum Gasteiger partial charge on any atom is 0.416 e. The van der Waals surface area contributed by atoms with E-state index >= 15 is 0 Å². The van der Waals surface area contributed by atoms with Crippen molar-refractivity contribution < 1.29 is 23.1 Å². The van der Waals surface area contributed by atoms with Gasteiger partial charge >= 0.3 is 12.1 Å². The molecule has 3 N–H and O–H groups in total. The van der Waals surface area contributed by atoms with Gasteiger partial charge in [0.1, 0.15) is 9.88 Å². The second-order valence-electron chi connectivity index (χ2n) is 5.76. The molecule has 5 nitrogen and oxygen atoms in total. The fraction of sp³-hybridized carbons (Fsp3) is 0.412. The van der Waals surface area contributed by atoms with Crippen molar-refractivity contribution in [3.8, 4) is 10.6 Å². The number of aromatic carboxylic acids is 1. The highest BCUT2D eigenvalue weighted by molar-refractivity contribution is 7.17. The molecule has 2 rings (SSSR count). The molecular weight excluding hydrogens is 367 g/mol. The number of carboxylic acid groups (broad SMARTS) is 1. The van der Waals surface area contributed by atoms with Crippen molar-refractivity contribution >= 4 is 17.3 Å². The molecule has 0 aliphatic heterocycles. The highest BCUT2D eigenvalue weighted by Crippen LogP contribution is 2.34. The number of nitrogens with zero attached hydrogens (tertiary/aromatic N) is 2. The Labute approximate surface area is 154 Å². The van der Waals surface area contributed by atoms with Crippen LogP contribution in [0.4, 0.5) is 13.2 Å². The summed E-state index contributed by atoms with van der Waals surface area (Å²) in [4.78, 5) is 17.0. The molecule has 9 heteroatoms. The highest BCUT2D eigenvalue weighted by atomic mass is 32.1. The van der Waals surface area contributed by atoms with E-state index in [1.165, 1.54) is 19.1 Å². The summed E-state index contributed by atoms with van der Waals surface area (Å²) >= 11 is 0.862. The molecule has 0 amide bonds. The van der Waals surface area contributed by atoms with E-state index in [1.54, 1.807) is 0 Å². The first-order chi connectivity index (χ1) is 12.1. The van der Waals surface area contributed by atoms with Gasteiger partial charge in [-0.3, -0.25) is 0 Å². The minimum absolute atomic E-state index is 0.0346. The first-order valence-corrected chi connectivity index (χ1v) is 8.61. The number of carbonyl (C=O) groups is 1. The molecule has 0 fully saturated rings. The summed E-state index contributed by atoms with van der Waals surface area (Å²) in [6.07, 6.45) is -3.33. The number of halogens is 3. The van der Waals surface area contributed by atoms with Gasteiger partial charge in [0.25, 0.3) is 0 Å². The molecule has 0 saturated heterocycles. The summed E-state index contributed by atoms with van der Waals surface area (Å²) in [5.41, 5.74) is 5.02. The van der Waals surface area contributed by atoms with Gasteiger partial charge < -0.3 is 15.7 Å². The van der Waals surface area contributed by atoms with E-state index in [1.807, 2.05) is 0 Å². The molecule has 1 aromatic heterocycles. The zero-order chi connectivity index (χ0) is 19.9. The molecule has 0 unspecified atom stereocenters. The molecule has 2 aromatic rings. The molecule has 0 radical (unpaired) electrons. The molecule has 0 spiro atoms. The Morgan fingerprint density at radius 1 is 1.35 bits per heavy atom. The molecule has 0 atom stereocenters. The van der Waals surface area contributed by atoms with Crippen LogP contribution in [0.2, 0.25) is 0 Å². The second kappa shape index (κ2) is 9.65. The molecule has 0 aliphatic carbocycles. The van der Waals surface area contributed by atoms with Crippen molar-refractivity contribution in [3.05, 3.63) is 40.4 Å². The summed E-state index contributed by atoms with van der Waals surface area (Å²) in [6.45, 7) is 3.42. The standard InChI is InChI=1S/C12H8F3NO2S.C5H14N2/c1-6-9(11(17)18)19-10(16-6)7-3-2-4-8(5-7)12(13,14)15;1-7(2)5-3-4-6/h2-5H,1H3,(H,17,18);3-6H2,1-2H3. The van der Waals surface area contributed by atoms with Gasteiger partial charge in [0.15, 0.2) is 0 Å². The molecule has 1 heterocycles. The van der Waals surface area contributed by atoms with Gasteiger partial charge in [0.2, 0.25) is 0 Å². The molecule has 26 heavy (non-hydrogen) atoms. The van der Waals surface area contributed by atoms with Gasteiger partial charge in [-0.05, 0) is 52.7 Å². The lowest BCUT2D eigenvalue weighted by Crippen LogP contribution is -2.16. The molecule has 0 bridgehead atoms. The normalized spacial score (nSPS) is 11.2. The maximum absolute atomic E-state index is 12.6. The summed E-state index contributed by atoms with van der Waals surface area (Å²) in [7, 11) is 4.10. The lowest BCUT2D eigenvalue weighted by molar-refractivity contribution is -0.137. The lowest BCUT2D eigenvalue weighted by atomic mass is 10.1. The number of aromatic nitrogens is 1. The molecule has 0 saturated carbocycles. The van der Waals surface area contributed by atoms with Gasteiger partial charge in [-0.15, -0.1) is 11.3 Å². The molecule has 1 aromatic carbocycles. The number of hydrogen-bond acceptors (Lipinski definition) is 5. The summed E-state index contributed by atoms with van der Waals surface area (Å²) in [6, 6.07) is 4.67. The predicted molar refractivity (Wildman–Crippen MR) is 96.5 cm³/mol. The van der Waals surface area contributed by atoms with Crippen molar-refractivity contribution in [3.63, 3.8) is 0 Å². The fourth-order valence-electron chi connectivity index (χ4n) is 1.95. The van der Waals surface area contributed by atoms with Gasteiger partial charge in [-0.2, -0.15) is 13.2 Å². The average Bonchev–Trinajstić information content (AvgIpc) is 2.95. The average molecular weight is 389 g/mol. The summed E-state index contributed by atoms with van der Waals surface area (Å²) < 4.78 is 37.8. The Morgan fingerprint density at radius 2 is 2.00 bits per heavy atom. The minimum atomic E-state index is -4.43. The Morgan fingerprint density at radius 3 is 2.42 bits per heavy atom. The predicted octanol–water partition coefficient (Wildman–Crippen LogP) is 3.73. The Balaban J connectivity index is 0.000000412. The van der Waals surface area contributed by atoms with Crippen LogP contribution < -0.4 is 5.73 Å². The van der Waals surface area contributed by atoms with Crippen LogP contribution in [0, 0.1) is 6.92 Å². The number of hydrogen-bond donors (Lipinski definition) is 2. The first-order valence-electron chi connectivity index (χ1n) is 7.79. The molecule has 0 aliphatic rings. The smallest absolute Gasteiger partial charge is 0.416 e. The van der Waals surface area contributed by atoms with Crippen LogP contribution in [-0.4, -0.2) is 48.1 Å². The number of benzene rings is 1. The third-order valence-electron chi connectivity index (χ3n) is 3.24. The van der Waals surface area contributed by atoms with Crippen LogP contribution in [-0.2, 0) is 6.18 Å². The maximum atomic E-state index is 12.6. The minimum Gasteiger partial charge on any atom is -0.477 e. The number of alkyl halides is 3. The van der Waals surface area contributed by atoms with Crippen LogP contribution in [0.1, 0.15) is 27.3 Å². The number of thiazole rings is 1.